The Balaban J connectivity index is 1.45. The van der Waals surface area contributed by atoms with Crippen LogP contribution in [0.15, 0.2) is 59.0 Å². The van der Waals surface area contributed by atoms with Crippen LogP contribution in [0, 0.1) is 13.8 Å². The highest BCUT2D eigenvalue weighted by Gasteiger charge is 2.17. The van der Waals surface area contributed by atoms with Crippen molar-refractivity contribution in [2.75, 3.05) is 5.32 Å². The van der Waals surface area contributed by atoms with E-state index < -0.39 is 6.10 Å². The van der Waals surface area contributed by atoms with Crippen molar-refractivity contribution in [2.45, 2.75) is 26.9 Å². The van der Waals surface area contributed by atoms with Crippen LogP contribution in [0.2, 0.25) is 10.0 Å². The molecular weight excluding hydrogens is 435 g/mol. The fraction of sp³-hybridized carbons (Fsp3) is 0.167. The maximum absolute atomic E-state index is 12.5. The lowest BCUT2D eigenvalue weighted by Crippen LogP contribution is -2.30. The zero-order valence-corrected chi connectivity index (χ0v) is 18.7. The standard InChI is InChI=1S/C24H20Cl2N2O3/c1-13-10-20-22(11-14(13)2)31-24(28-20)16-4-7-18(8-5-16)27-23(29)15(3)30-21-9-6-17(25)12-19(21)26/h4-12,15H,1-3H3,(H,27,29). The van der Waals surface area contributed by atoms with Crippen LogP contribution in [0.4, 0.5) is 5.69 Å². The Morgan fingerprint density at radius 2 is 1.74 bits per heavy atom. The number of aromatic nitrogens is 1. The molecule has 0 fully saturated rings. The van der Waals surface area contributed by atoms with Crippen LogP contribution in [-0.4, -0.2) is 17.0 Å². The van der Waals surface area contributed by atoms with Gasteiger partial charge in [-0.3, -0.25) is 4.79 Å². The van der Waals surface area contributed by atoms with Gasteiger partial charge in [-0.05, 0) is 86.5 Å². The van der Waals surface area contributed by atoms with Crippen molar-refractivity contribution in [1.82, 2.24) is 4.98 Å². The minimum absolute atomic E-state index is 0.299. The minimum atomic E-state index is -0.748. The summed E-state index contributed by atoms with van der Waals surface area (Å²) in [6, 6.07) is 16.1. The molecule has 0 bridgehead atoms. The predicted octanol–water partition coefficient (Wildman–Crippen LogP) is 6.82. The predicted molar refractivity (Wildman–Crippen MR) is 124 cm³/mol. The van der Waals surface area contributed by atoms with Crippen molar-refractivity contribution in [3.05, 3.63) is 75.8 Å². The van der Waals surface area contributed by atoms with Gasteiger partial charge in [-0.15, -0.1) is 0 Å². The first-order valence-corrected chi connectivity index (χ1v) is 10.5. The van der Waals surface area contributed by atoms with Crippen molar-refractivity contribution in [1.29, 1.82) is 0 Å². The summed E-state index contributed by atoms with van der Waals surface area (Å²) in [6.07, 6.45) is -0.748. The molecule has 0 aliphatic heterocycles. The van der Waals surface area contributed by atoms with Crippen LogP contribution < -0.4 is 10.1 Å². The van der Waals surface area contributed by atoms with E-state index in [1.165, 1.54) is 5.56 Å². The minimum Gasteiger partial charge on any atom is -0.479 e. The van der Waals surface area contributed by atoms with E-state index >= 15 is 0 Å². The zero-order chi connectivity index (χ0) is 22.1. The van der Waals surface area contributed by atoms with Gasteiger partial charge in [0, 0.05) is 16.3 Å². The molecule has 4 rings (SSSR count). The molecule has 1 unspecified atom stereocenters. The Morgan fingerprint density at radius 1 is 1.03 bits per heavy atom. The molecule has 0 aliphatic carbocycles. The summed E-state index contributed by atoms with van der Waals surface area (Å²) in [5.41, 5.74) is 5.35. The first kappa shape index (κ1) is 21.2. The van der Waals surface area contributed by atoms with Crippen molar-refractivity contribution >= 4 is 45.9 Å². The lowest BCUT2D eigenvalue weighted by molar-refractivity contribution is -0.122. The average molecular weight is 455 g/mol. The van der Waals surface area contributed by atoms with Gasteiger partial charge in [0.2, 0.25) is 5.89 Å². The smallest absolute Gasteiger partial charge is 0.265 e. The van der Waals surface area contributed by atoms with E-state index in [-0.39, 0.29) is 5.91 Å². The van der Waals surface area contributed by atoms with Crippen LogP contribution in [0.3, 0.4) is 0 Å². The van der Waals surface area contributed by atoms with Gasteiger partial charge in [0.05, 0.1) is 5.02 Å². The maximum Gasteiger partial charge on any atom is 0.265 e. The number of amides is 1. The summed E-state index contributed by atoms with van der Waals surface area (Å²) in [4.78, 5) is 17.1. The number of rotatable bonds is 5. The number of anilines is 1. The first-order valence-electron chi connectivity index (χ1n) is 9.71. The van der Waals surface area contributed by atoms with Gasteiger partial charge >= 0.3 is 0 Å². The molecule has 0 aliphatic rings. The molecule has 1 amide bonds. The molecule has 4 aromatic rings. The summed E-state index contributed by atoms with van der Waals surface area (Å²) in [6.45, 7) is 5.74. The maximum atomic E-state index is 12.5. The summed E-state index contributed by atoms with van der Waals surface area (Å²) in [7, 11) is 0. The first-order chi connectivity index (χ1) is 14.8. The Kier molecular flexibility index (Phi) is 5.90. The molecule has 158 valence electrons. The van der Waals surface area contributed by atoms with Crippen molar-refractivity contribution in [3.8, 4) is 17.2 Å². The number of nitrogens with one attached hydrogen (secondary N) is 1. The molecule has 0 radical (unpaired) electrons. The monoisotopic (exact) mass is 454 g/mol. The quantitative estimate of drug-likeness (QED) is 0.359. The van der Waals surface area contributed by atoms with Gasteiger partial charge < -0.3 is 14.5 Å². The molecule has 0 saturated heterocycles. The van der Waals surface area contributed by atoms with Crippen LogP contribution in [0.25, 0.3) is 22.6 Å². The van der Waals surface area contributed by atoms with E-state index in [1.54, 1.807) is 37.3 Å². The van der Waals surface area contributed by atoms with Crippen LogP contribution in [0.1, 0.15) is 18.1 Å². The Morgan fingerprint density at radius 3 is 2.45 bits per heavy atom. The molecule has 1 atom stereocenters. The van der Waals surface area contributed by atoms with E-state index in [9.17, 15) is 4.79 Å². The number of oxazole rings is 1. The number of ether oxygens (including phenoxy) is 1. The number of hydrogen-bond donors (Lipinski definition) is 1. The second-order valence-corrected chi connectivity index (χ2v) is 8.17. The molecule has 0 spiro atoms. The highest BCUT2D eigenvalue weighted by molar-refractivity contribution is 6.35. The Bertz CT molecular complexity index is 1230. The number of carbonyl (C=O) groups is 1. The van der Waals surface area contributed by atoms with Gasteiger partial charge in [-0.2, -0.15) is 0 Å². The molecule has 3 aromatic carbocycles. The van der Waals surface area contributed by atoms with Crippen molar-refractivity contribution < 1.29 is 13.9 Å². The van der Waals surface area contributed by atoms with Crippen LogP contribution in [-0.2, 0) is 4.79 Å². The van der Waals surface area contributed by atoms with E-state index in [0.29, 0.717) is 27.4 Å². The van der Waals surface area contributed by atoms with E-state index in [4.69, 9.17) is 32.4 Å². The molecule has 5 nitrogen and oxygen atoms in total. The third kappa shape index (κ3) is 4.68. The van der Waals surface area contributed by atoms with E-state index in [2.05, 4.69) is 10.3 Å². The molecular formula is C24H20Cl2N2O3. The van der Waals surface area contributed by atoms with Crippen molar-refractivity contribution in [3.63, 3.8) is 0 Å². The third-order valence-corrected chi connectivity index (χ3v) is 5.50. The van der Waals surface area contributed by atoms with Crippen LogP contribution >= 0.6 is 23.2 Å². The number of carbonyl (C=O) groups excluding carboxylic acids is 1. The van der Waals surface area contributed by atoms with Gasteiger partial charge in [0.25, 0.3) is 5.91 Å². The number of nitrogens with zero attached hydrogens (tertiary/aromatic N) is 1. The molecule has 7 heteroatoms. The number of halogens is 2. The molecule has 1 aromatic heterocycles. The number of fused-ring (bicyclic) bond motifs is 1. The third-order valence-electron chi connectivity index (χ3n) is 4.97. The van der Waals surface area contributed by atoms with E-state index in [1.807, 2.05) is 38.1 Å². The highest BCUT2D eigenvalue weighted by Crippen LogP contribution is 2.29. The molecule has 1 heterocycles. The second kappa shape index (κ2) is 8.61. The lowest BCUT2D eigenvalue weighted by atomic mass is 10.1. The highest BCUT2D eigenvalue weighted by atomic mass is 35.5. The summed E-state index contributed by atoms with van der Waals surface area (Å²) in [5, 5.41) is 3.68. The van der Waals surface area contributed by atoms with Gasteiger partial charge in [-0.25, -0.2) is 4.98 Å². The normalized spacial score (nSPS) is 12.0. The second-order valence-electron chi connectivity index (χ2n) is 7.32. The average Bonchev–Trinajstić information content (AvgIpc) is 3.13. The van der Waals surface area contributed by atoms with E-state index in [0.717, 1.165) is 22.2 Å². The van der Waals surface area contributed by atoms with Gasteiger partial charge in [0.15, 0.2) is 11.7 Å². The fourth-order valence-electron chi connectivity index (χ4n) is 3.06. The largest absolute Gasteiger partial charge is 0.479 e. The Hall–Kier alpha value is -3.02. The fourth-order valence-corrected chi connectivity index (χ4v) is 3.51. The SMILES string of the molecule is Cc1cc2nc(-c3ccc(NC(=O)C(C)Oc4ccc(Cl)cc4Cl)cc3)oc2cc1C. The lowest BCUT2D eigenvalue weighted by Gasteiger charge is -2.16. The Labute approximate surface area is 189 Å². The van der Waals surface area contributed by atoms with Gasteiger partial charge in [-0.1, -0.05) is 23.2 Å². The summed E-state index contributed by atoms with van der Waals surface area (Å²) < 4.78 is 11.5. The van der Waals surface area contributed by atoms with Crippen LogP contribution in [0.5, 0.6) is 5.75 Å². The summed E-state index contributed by atoms with van der Waals surface area (Å²) >= 11 is 12.0. The molecule has 1 N–H and O–H groups in total. The topological polar surface area (TPSA) is 64.4 Å². The number of hydrogen-bond acceptors (Lipinski definition) is 4. The number of benzene rings is 3. The van der Waals surface area contributed by atoms with Crippen molar-refractivity contribution in [2.24, 2.45) is 0 Å². The zero-order valence-electron chi connectivity index (χ0n) is 17.2. The van der Waals surface area contributed by atoms with Gasteiger partial charge in [0.1, 0.15) is 11.3 Å². The molecule has 31 heavy (non-hydrogen) atoms. The summed E-state index contributed by atoms with van der Waals surface area (Å²) in [5.74, 6) is 0.629. The number of aryl methyl sites for hydroxylation is 2. The molecule has 0 saturated carbocycles.